The Bertz CT molecular complexity index is 978. The molecule has 2 rings (SSSR count). The van der Waals surface area contributed by atoms with E-state index in [1.54, 1.807) is 0 Å². The second kappa shape index (κ2) is 15.7. The maximum absolute atomic E-state index is 11.5. The fraction of sp³-hybridized carbons (Fsp3) is 0.625. The molecule has 0 aliphatic rings. The minimum Gasteiger partial charge on any atom is -0.364 e. The van der Waals surface area contributed by atoms with E-state index >= 15 is 0 Å². The van der Waals surface area contributed by atoms with Gasteiger partial charge in [-0.25, -0.2) is 0 Å². The molecule has 0 spiro atoms. The summed E-state index contributed by atoms with van der Waals surface area (Å²) in [7, 11) is 7.64. The highest BCUT2D eigenvalue weighted by molar-refractivity contribution is 5.64. The molecular weight excluding hydrogens is 540 g/mol. The predicted molar refractivity (Wildman–Crippen MR) is 162 cm³/mol. The van der Waals surface area contributed by atoms with Gasteiger partial charge in [0, 0.05) is 37.6 Å². The van der Waals surface area contributed by atoms with E-state index in [4.69, 9.17) is 18.9 Å². The molecular formula is C32H54N2O8+2. The Kier molecular flexibility index (Phi) is 13.5. The molecule has 0 amide bonds. The van der Waals surface area contributed by atoms with Gasteiger partial charge in [0.25, 0.3) is 0 Å². The summed E-state index contributed by atoms with van der Waals surface area (Å²) in [6.45, 7) is 9.78. The van der Waals surface area contributed by atoms with Crippen molar-refractivity contribution in [2.45, 2.75) is 51.8 Å². The van der Waals surface area contributed by atoms with Gasteiger partial charge < -0.3 is 48.3 Å². The van der Waals surface area contributed by atoms with E-state index in [1.165, 1.54) is 0 Å². The lowest BCUT2D eigenvalue weighted by Crippen LogP contribution is -2.54. The van der Waals surface area contributed by atoms with Crippen molar-refractivity contribution >= 4 is 0 Å². The fourth-order valence-corrected chi connectivity index (χ4v) is 5.39. The van der Waals surface area contributed by atoms with Crippen molar-refractivity contribution in [1.29, 1.82) is 0 Å². The standard InChI is InChI=1S/C32H54N2O8/c1-9-39-29(35)21-33(5,6)23-31(37,41-11-3)27-17-13-25(14-18-27)26-15-19-28(20-16-26)32(38,42-12-4)24-34(7,8)22-30(36)40-10-2/h13-20,29-30,35-38H,9-12,21-24H2,1-8H3/q+2. The monoisotopic (exact) mass is 594 g/mol. The molecule has 4 atom stereocenters. The second-order valence-corrected chi connectivity index (χ2v) is 12.0. The summed E-state index contributed by atoms with van der Waals surface area (Å²) in [5.74, 6) is -3.11. The zero-order valence-corrected chi connectivity index (χ0v) is 26.7. The average molecular weight is 595 g/mol. The molecule has 0 aliphatic carbocycles. The zero-order chi connectivity index (χ0) is 31.6. The van der Waals surface area contributed by atoms with E-state index in [1.807, 2.05) is 104 Å². The first kappa shape index (κ1) is 36.2. The zero-order valence-electron chi connectivity index (χ0n) is 26.7. The first-order valence-corrected chi connectivity index (χ1v) is 14.8. The van der Waals surface area contributed by atoms with Crippen molar-refractivity contribution in [2.75, 3.05) is 80.8 Å². The van der Waals surface area contributed by atoms with Crippen LogP contribution in [-0.4, -0.2) is 123 Å². The first-order chi connectivity index (χ1) is 19.6. The highest BCUT2D eigenvalue weighted by Crippen LogP contribution is 2.31. The van der Waals surface area contributed by atoms with Gasteiger partial charge in [-0.3, -0.25) is 0 Å². The van der Waals surface area contributed by atoms with E-state index in [0.29, 0.717) is 50.6 Å². The third-order valence-corrected chi connectivity index (χ3v) is 7.08. The van der Waals surface area contributed by atoms with Crippen LogP contribution < -0.4 is 0 Å². The summed E-state index contributed by atoms with van der Waals surface area (Å²) in [6.07, 6.45) is -1.87. The molecule has 10 heteroatoms. The molecule has 10 nitrogen and oxygen atoms in total. The third-order valence-electron chi connectivity index (χ3n) is 7.08. The number of hydrogen-bond donors (Lipinski definition) is 4. The summed E-state index contributed by atoms with van der Waals surface area (Å²) < 4.78 is 22.8. The number of hydrogen-bond acceptors (Lipinski definition) is 8. The molecule has 0 aromatic heterocycles. The first-order valence-electron chi connectivity index (χ1n) is 14.8. The van der Waals surface area contributed by atoms with E-state index in [-0.39, 0.29) is 22.1 Å². The van der Waals surface area contributed by atoms with E-state index < -0.39 is 24.2 Å². The van der Waals surface area contributed by atoms with Gasteiger partial charge in [0.2, 0.25) is 24.2 Å². The van der Waals surface area contributed by atoms with Crippen molar-refractivity contribution in [3.05, 3.63) is 59.7 Å². The van der Waals surface area contributed by atoms with Crippen molar-refractivity contribution < 1.29 is 48.3 Å². The molecule has 0 bridgehead atoms. The minimum absolute atomic E-state index is 0.214. The van der Waals surface area contributed by atoms with Crippen LogP contribution in [0.2, 0.25) is 0 Å². The Morgan fingerprint density at radius 3 is 1.14 bits per heavy atom. The lowest BCUT2D eigenvalue weighted by Gasteiger charge is -2.39. The topological polar surface area (TPSA) is 118 Å². The lowest BCUT2D eigenvalue weighted by atomic mass is 9.96. The van der Waals surface area contributed by atoms with E-state index in [9.17, 15) is 20.4 Å². The number of benzene rings is 2. The van der Waals surface area contributed by atoms with Gasteiger partial charge in [-0.05, 0) is 38.8 Å². The van der Waals surface area contributed by atoms with Gasteiger partial charge in [-0.2, -0.15) is 0 Å². The Morgan fingerprint density at radius 1 is 0.571 bits per heavy atom. The number of likely N-dealkylation sites (N-methyl/N-ethyl adjacent to an activating group) is 2. The van der Waals surface area contributed by atoms with E-state index in [0.717, 1.165) is 11.1 Å². The normalized spacial score (nSPS) is 17.0. The molecule has 0 fully saturated rings. The number of aliphatic hydroxyl groups excluding tert-OH is 2. The summed E-state index contributed by atoms with van der Waals surface area (Å²) in [4.78, 5) is 0. The molecule has 2 aromatic carbocycles. The van der Waals surface area contributed by atoms with Crippen molar-refractivity contribution in [1.82, 2.24) is 0 Å². The Balaban J connectivity index is 2.26. The van der Waals surface area contributed by atoms with Crippen molar-refractivity contribution in [3.8, 4) is 11.1 Å². The van der Waals surface area contributed by atoms with E-state index in [2.05, 4.69) is 0 Å². The van der Waals surface area contributed by atoms with Crippen LogP contribution in [0.4, 0.5) is 0 Å². The molecule has 42 heavy (non-hydrogen) atoms. The average Bonchev–Trinajstić information content (AvgIpc) is 2.88. The summed E-state index contributed by atoms with van der Waals surface area (Å²) >= 11 is 0. The largest absolute Gasteiger partial charge is 0.364 e. The number of aliphatic hydroxyl groups is 4. The van der Waals surface area contributed by atoms with Gasteiger partial charge in [0.1, 0.15) is 26.2 Å². The van der Waals surface area contributed by atoms with Crippen LogP contribution >= 0.6 is 0 Å². The number of nitrogens with zero attached hydrogens (tertiary/aromatic N) is 2. The maximum Gasteiger partial charge on any atom is 0.243 e. The highest BCUT2D eigenvalue weighted by Gasteiger charge is 2.40. The Labute approximate surface area is 251 Å². The maximum atomic E-state index is 11.5. The van der Waals surface area contributed by atoms with Crippen LogP contribution in [-0.2, 0) is 30.5 Å². The number of quaternary nitrogens is 2. The fourth-order valence-electron chi connectivity index (χ4n) is 5.39. The smallest absolute Gasteiger partial charge is 0.243 e. The van der Waals surface area contributed by atoms with Gasteiger partial charge in [-0.15, -0.1) is 0 Å². The van der Waals surface area contributed by atoms with Crippen molar-refractivity contribution in [2.24, 2.45) is 0 Å². The molecule has 2 aromatic rings. The summed E-state index contributed by atoms with van der Waals surface area (Å²) in [5.41, 5.74) is 3.09. The molecule has 0 saturated heterocycles. The lowest BCUT2D eigenvalue weighted by molar-refractivity contribution is -0.907. The molecule has 4 unspecified atom stereocenters. The van der Waals surface area contributed by atoms with Crippen LogP contribution in [0.3, 0.4) is 0 Å². The Morgan fingerprint density at radius 2 is 0.881 bits per heavy atom. The molecule has 0 saturated carbocycles. The van der Waals surface area contributed by atoms with Gasteiger partial charge in [-0.1, -0.05) is 48.5 Å². The van der Waals surface area contributed by atoms with Crippen LogP contribution in [0.5, 0.6) is 0 Å². The summed E-state index contributed by atoms with van der Waals surface area (Å²) in [6, 6.07) is 15.1. The predicted octanol–water partition coefficient (Wildman–Crippen LogP) is 2.58. The third kappa shape index (κ3) is 10.6. The second-order valence-electron chi connectivity index (χ2n) is 12.0. The summed E-state index contributed by atoms with van der Waals surface area (Å²) in [5, 5.41) is 43.4. The van der Waals surface area contributed by atoms with Crippen LogP contribution in [0, 0.1) is 0 Å². The highest BCUT2D eigenvalue weighted by atomic mass is 16.6. The van der Waals surface area contributed by atoms with Crippen molar-refractivity contribution in [3.63, 3.8) is 0 Å². The van der Waals surface area contributed by atoms with Gasteiger partial charge in [0.05, 0.1) is 28.2 Å². The quantitative estimate of drug-likeness (QED) is 0.145. The Hall–Kier alpha value is -1.96. The molecule has 4 N–H and O–H groups in total. The molecule has 0 aliphatic heterocycles. The molecule has 0 heterocycles. The SMILES string of the molecule is CCOC(O)C[N+](C)(C)CC(O)(OCC)c1ccc(-c2ccc(C(O)(C[N+](C)(C)CC(O)OCC)OCC)cc2)cc1. The van der Waals surface area contributed by atoms with Crippen LogP contribution in [0.25, 0.3) is 11.1 Å². The minimum atomic E-state index is -1.55. The molecule has 238 valence electrons. The van der Waals surface area contributed by atoms with Gasteiger partial charge in [0.15, 0.2) is 0 Å². The van der Waals surface area contributed by atoms with Crippen LogP contribution in [0.1, 0.15) is 38.8 Å². The number of ether oxygens (including phenoxy) is 4. The van der Waals surface area contributed by atoms with Crippen LogP contribution in [0.15, 0.2) is 48.5 Å². The number of rotatable bonds is 19. The van der Waals surface area contributed by atoms with Gasteiger partial charge >= 0.3 is 0 Å². The molecule has 0 radical (unpaired) electrons.